The molecule has 0 aliphatic heterocycles. The summed E-state index contributed by atoms with van der Waals surface area (Å²) in [6.07, 6.45) is 59.1. The number of esters is 1. The van der Waals surface area contributed by atoms with Crippen molar-refractivity contribution in [2.75, 3.05) is 6.61 Å². The molecule has 0 saturated heterocycles. The zero-order valence-corrected chi connectivity index (χ0v) is 87.2. The molecule has 728 valence electrons. The molecule has 0 aromatic carbocycles. The van der Waals surface area contributed by atoms with Gasteiger partial charge < -0.3 is 36.0 Å². The van der Waals surface area contributed by atoms with Crippen LogP contribution in [0.4, 0.5) is 0 Å². The molecule has 13 heteroatoms. The van der Waals surface area contributed by atoms with Gasteiger partial charge in [-0.1, -0.05) is 202 Å². The number of Topliss-reactive ketones (excluding diaryl/α,β-unsaturated/α-hetero) is 1. The van der Waals surface area contributed by atoms with Crippen LogP contribution in [0.25, 0.3) is 0 Å². The fourth-order valence-electron chi connectivity index (χ4n) is 35.7. The monoisotopic (exact) mass is 1830 g/mol. The molecule has 0 radical (unpaired) electrons. The molecule has 7 N–H and O–H groups in total. The summed E-state index contributed by atoms with van der Waals surface area (Å²) in [5.74, 6) is 1.15. The quantitative estimate of drug-likeness (QED) is 0.130. The second kappa shape index (κ2) is 31.6. The average Bonchev–Trinajstić information content (AvgIpc) is 0.686. The van der Waals surface area contributed by atoms with Crippen LogP contribution in [0.15, 0.2) is 185 Å². The number of aliphatic hydroxyl groups is 5. The van der Waals surface area contributed by atoms with Gasteiger partial charge in [-0.3, -0.25) is 28.8 Å². The van der Waals surface area contributed by atoms with Crippen molar-refractivity contribution in [3.63, 3.8) is 0 Å². The standard InChI is InChI=1S/C33H46O3.C32H44O4.C28H39NO2.C28H38O3/c1-8-9-22(34)19-29(3)12-13-30(4)14-16-32(6)26-11-10-23-21(2)28(36)25(35)18-24(23)31(26,5)15-17-33(32,7)27(30)20-29;1-8-36-26(34)19-28(3)11-12-29(4)13-15-31(6)24-10-9-21-20(2)27(35)23(33)17-22(21)30(24,5)14-16-32(31,7)25(29)18-28;1-17-18-7-8-21-26(4,19(18)15-20(30)23(17)31)12-14-28(6)22-16-25(3,29)11-9-24(22,2)10-13-27(21,28)5;1-17-18-7-8-21-26(4,19(18)15-20(29)23(17)30)12-14-28(6)22-16-25(3,31)11-9-24(22,2)10-13-27(21,28)5/h10-11,18,27,36H,8-9,12-17,19-20H2,1-7H3;9-10,17,25,35H,8,11-16,18-19H2,1-7H3;7-8,15,22,31H,9-14,16,29H2,1-6H3;7-8,15,22,30-31H,9-14,16H2,1-6H3/t27-,29+,30-,31+,32-,33+;25-,28-,29-,30+,31-,32+;2*22-,24-,25-,26+,27-,28+/m1111/s1. The van der Waals surface area contributed by atoms with Gasteiger partial charge in [0.25, 0.3) is 0 Å². The Labute approximate surface area is 804 Å². The number of carbonyl (C=O) groups is 6. The lowest BCUT2D eigenvalue weighted by atomic mass is 9.34. The third-order valence-corrected chi connectivity index (χ3v) is 45.7. The van der Waals surface area contributed by atoms with Crippen LogP contribution < -0.4 is 5.73 Å². The highest BCUT2D eigenvalue weighted by Gasteiger charge is 2.73. The van der Waals surface area contributed by atoms with Gasteiger partial charge in [0.1, 0.15) is 5.78 Å². The Morgan fingerprint density at radius 1 is 0.336 bits per heavy atom. The molecular weight excluding hydrogens is 1660 g/mol. The fourth-order valence-corrected chi connectivity index (χ4v) is 35.7. The minimum Gasteiger partial charge on any atom is -0.504 e. The third-order valence-electron chi connectivity index (χ3n) is 45.7. The Hall–Kier alpha value is -7.22. The van der Waals surface area contributed by atoms with Crippen molar-refractivity contribution in [1.82, 2.24) is 0 Å². The number of nitrogens with two attached hydrogens (primary N) is 1. The summed E-state index contributed by atoms with van der Waals surface area (Å²) in [5.41, 5.74) is 24.8. The first-order valence-corrected chi connectivity index (χ1v) is 52.6. The lowest BCUT2D eigenvalue weighted by Gasteiger charge is -2.70. The number of fused-ring (bicyclic) bond motifs is 28. The van der Waals surface area contributed by atoms with Crippen molar-refractivity contribution in [2.45, 2.75) is 397 Å². The molecular formula is C121H167NO12. The molecule has 0 amide bonds. The van der Waals surface area contributed by atoms with Crippen LogP contribution in [0.2, 0.25) is 0 Å². The van der Waals surface area contributed by atoms with E-state index in [2.05, 4.69) is 187 Å². The fraction of sp³-hybridized carbons (Fsp3) is 0.686. The highest BCUT2D eigenvalue weighted by atomic mass is 16.5. The predicted octanol–water partition coefficient (Wildman–Crippen LogP) is 28.6. The normalized spacial score (nSPS) is 46.3. The van der Waals surface area contributed by atoms with Crippen LogP contribution >= 0.6 is 0 Å². The average molecular weight is 1830 g/mol. The number of aliphatic hydroxyl groups excluding tert-OH is 4. The highest BCUT2D eigenvalue weighted by molar-refractivity contribution is 6.09. The van der Waals surface area contributed by atoms with Crippen LogP contribution in [-0.4, -0.2) is 78.2 Å². The Bertz CT molecular complexity index is 5350. The Kier molecular flexibility index (Phi) is 23.2. The maximum Gasteiger partial charge on any atom is 0.306 e. The van der Waals surface area contributed by atoms with Crippen molar-refractivity contribution in [1.29, 1.82) is 0 Å². The molecule has 0 spiro atoms. The van der Waals surface area contributed by atoms with E-state index in [-0.39, 0.29) is 139 Å². The zero-order valence-electron chi connectivity index (χ0n) is 87.2. The molecule has 0 aromatic rings. The van der Waals surface area contributed by atoms with Crippen molar-refractivity contribution in [3.8, 4) is 0 Å². The molecule has 0 bridgehead atoms. The van der Waals surface area contributed by atoms with Crippen molar-refractivity contribution < 1.29 is 59.0 Å². The van der Waals surface area contributed by atoms with E-state index in [1.807, 2.05) is 41.5 Å². The molecule has 0 aromatic heterocycles. The van der Waals surface area contributed by atoms with Gasteiger partial charge in [0.15, 0.2) is 23.0 Å². The maximum absolute atomic E-state index is 12.8. The van der Waals surface area contributed by atoms with Crippen LogP contribution in [0.1, 0.15) is 385 Å². The first-order valence-electron chi connectivity index (χ1n) is 52.6. The van der Waals surface area contributed by atoms with E-state index in [9.17, 15) is 54.3 Å². The molecule has 20 aliphatic rings. The van der Waals surface area contributed by atoms with E-state index in [0.29, 0.717) is 81.9 Å². The first kappa shape index (κ1) is 98.4. The number of ether oxygens (including phenoxy) is 1. The second-order valence-electron chi connectivity index (χ2n) is 53.4. The lowest BCUT2D eigenvalue weighted by Crippen LogP contribution is -2.63. The van der Waals surface area contributed by atoms with E-state index >= 15 is 0 Å². The summed E-state index contributed by atoms with van der Waals surface area (Å²) >= 11 is 0. The summed E-state index contributed by atoms with van der Waals surface area (Å²) in [6.45, 7) is 60.3. The molecule has 12 saturated carbocycles. The number of ketones is 5. The highest BCUT2D eigenvalue weighted by Crippen LogP contribution is 2.82. The predicted molar refractivity (Wildman–Crippen MR) is 536 cm³/mol. The van der Waals surface area contributed by atoms with Gasteiger partial charge >= 0.3 is 5.97 Å². The Balaban J connectivity index is 0.000000125. The zero-order chi connectivity index (χ0) is 97.8. The largest absolute Gasteiger partial charge is 0.504 e. The lowest BCUT2D eigenvalue weighted by molar-refractivity contribution is -0.176. The molecule has 134 heavy (non-hydrogen) atoms. The molecule has 20 aliphatic carbocycles. The molecule has 0 heterocycles. The summed E-state index contributed by atoms with van der Waals surface area (Å²) in [5, 5.41) is 52.2. The van der Waals surface area contributed by atoms with Gasteiger partial charge in [0.2, 0.25) is 23.1 Å². The molecule has 24 atom stereocenters. The van der Waals surface area contributed by atoms with Crippen LogP contribution in [0, 0.1) is 121 Å². The first-order chi connectivity index (χ1) is 62.0. The summed E-state index contributed by atoms with van der Waals surface area (Å²) in [4.78, 5) is 75.7. The Morgan fingerprint density at radius 2 is 0.597 bits per heavy atom. The molecule has 13 nitrogen and oxygen atoms in total. The topological polar surface area (TPSA) is 239 Å². The number of hydrogen-bond acceptors (Lipinski definition) is 13. The number of hydrogen-bond donors (Lipinski definition) is 6. The van der Waals surface area contributed by atoms with E-state index < -0.39 is 5.60 Å². The summed E-state index contributed by atoms with van der Waals surface area (Å²) in [7, 11) is 0. The molecule has 12 fully saturated rings. The van der Waals surface area contributed by atoms with Crippen molar-refractivity contribution >= 4 is 34.9 Å². The minimum absolute atomic E-state index is 0.00931. The van der Waals surface area contributed by atoms with Crippen molar-refractivity contribution in [3.05, 3.63) is 185 Å². The molecule has 20 rings (SSSR count). The molecule has 0 unspecified atom stereocenters. The SMILES string of the molecule is CC1=C(O)C(=O)C=C2C1=CC=C1[C@@]2(C)CC[C@@]2(C)[C@@H]3C[C@](C)(N)CC[C@]3(C)CC[C@]12C.CC1=C(O)C(=O)C=C2C1=CC=C1[C@@]2(C)CC[C@@]2(C)[C@@H]3C[C@](C)(O)CC[C@]3(C)CC[C@]12C.CCCC(=O)C[C@]1(C)CC[C@]2(C)CC[C@]3(C)C4=CC=C5C(=CC(=O)C(O)=C5C)[C@]4(C)CC[C@@]3(C)[C@@H]2C1.CCOC(=O)C[C@]1(C)CC[C@]2(C)CC[C@]3(C)C4=CC=C5C(=CC(=O)C(O)=C5C)[C@]4(C)CC[C@@]3(C)[C@@H]2C1. The van der Waals surface area contributed by atoms with Crippen molar-refractivity contribution in [2.24, 2.45) is 127 Å². The summed E-state index contributed by atoms with van der Waals surface area (Å²) in [6, 6.07) is 0. The summed E-state index contributed by atoms with van der Waals surface area (Å²) < 4.78 is 5.37. The van der Waals surface area contributed by atoms with Gasteiger partial charge in [-0.15, -0.1) is 0 Å². The van der Waals surface area contributed by atoms with Gasteiger partial charge in [0.05, 0.1) is 18.6 Å². The minimum atomic E-state index is -0.571. The van der Waals surface area contributed by atoms with Crippen LogP contribution in [0.3, 0.4) is 0 Å². The van der Waals surface area contributed by atoms with Gasteiger partial charge in [-0.2, -0.15) is 0 Å². The van der Waals surface area contributed by atoms with E-state index in [1.54, 1.807) is 24.3 Å². The Morgan fingerprint density at radius 3 is 0.888 bits per heavy atom. The van der Waals surface area contributed by atoms with Crippen LogP contribution in [0.5, 0.6) is 0 Å². The second-order valence-corrected chi connectivity index (χ2v) is 53.4. The third kappa shape index (κ3) is 14.1. The van der Waals surface area contributed by atoms with Gasteiger partial charge in [0, 0.05) is 62.3 Å². The number of allylic oxidation sites excluding steroid dienone is 28. The number of rotatable bonds is 7. The van der Waals surface area contributed by atoms with E-state index in [1.165, 1.54) is 86.5 Å². The van der Waals surface area contributed by atoms with Gasteiger partial charge in [-0.25, -0.2) is 0 Å². The van der Waals surface area contributed by atoms with Crippen LogP contribution in [-0.2, 0) is 33.5 Å². The smallest absolute Gasteiger partial charge is 0.306 e. The van der Waals surface area contributed by atoms with Gasteiger partial charge in [-0.05, 0) is 403 Å². The van der Waals surface area contributed by atoms with E-state index in [4.69, 9.17) is 10.5 Å². The van der Waals surface area contributed by atoms with E-state index in [0.717, 1.165) is 179 Å². The maximum atomic E-state index is 12.8. The number of carbonyl (C=O) groups excluding carboxylic acids is 6.